The second-order valence-corrected chi connectivity index (χ2v) is 7.24. The fourth-order valence-electron chi connectivity index (χ4n) is 3.35. The average Bonchev–Trinajstić information content (AvgIpc) is 2.89. The van der Waals surface area contributed by atoms with Crippen molar-refractivity contribution in [3.8, 4) is 5.75 Å². The van der Waals surface area contributed by atoms with Gasteiger partial charge in [-0.15, -0.1) is 0 Å². The number of hydrogen-bond donors (Lipinski definition) is 1. The molecule has 0 atom stereocenters. The lowest BCUT2D eigenvalue weighted by Crippen LogP contribution is -2.04. The Morgan fingerprint density at radius 3 is 2.19 bits per heavy atom. The fraction of sp³-hybridized carbons (Fsp3) is 0.318. The zero-order chi connectivity index (χ0) is 19.0. The molecule has 136 valence electrons. The first-order valence-electron chi connectivity index (χ1n) is 8.86. The third kappa shape index (κ3) is 3.24. The van der Waals surface area contributed by atoms with Crippen LogP contribution in [0.25, 0.3) is 11.6 Å². The van der Waals surface area contributed by atoms with Gasteiger partial charge in [-0.2, -0.15) is 0 Å². The number of anilines is 1. The number of carbonyl (C=O) groups is 1. The maximum atomic E-state index is 13.7. The summed E-state index contributed by atoms with van der Waals surface area (Å²) in [6, 6.07) is 8.44. The van der Waals surface area contributed by atoms with Gasteiger partial charge in [0.1, 0.15) is 11.6 Å². The summed E-state index contributed by atoms with van der Waals surface area (Å²) < 4.78 is 19.3. The molecule has 26 heavy (non-hydrogen) atoms. The average molecular weight is 353 g/mol. The van der Waals surface area contributed by atoms with Crippen LogP contribution in [0, 0.1) is 5.82 Å². The smallest absolute Gasteiger partial charge is 0.256 e. The summed E-state index contributed by atoms with van der Waals surface area (Å²) in [5.41, 5.74) is 4.84. The quantitative estimate of drug-likeness (QED) is 0.729. The SMILES string of the molecule is COc1c(C(C)C)cc(C=C2C(=O)Nc3ccc(F)cc32)cc1C(C)C. The van der Waals surface area contributed by atoms with Crippen molar-refractivity contribution in [2.24, 2.45) is 0 Å². The van der Waals surface area contributed by atoms with Crippen molar-refractivity contribution in [2.45, 2.75) is 39.5 Å². The molecule has 3 rings (SSSR count). The normalized spacial score (nSPS) is 14.9. The Morgan fingerprint density at radius 1 is 1.04 bits per heavy atom. The summed E-state index contributed by atoms with van der Waals surface area (Å²) >= 11 is 0. The molecule has 2 aromatic rings. The minimum atomic E-state index is -0.355. The number of benzene rings is 2. The van der Waals surface area contributed by atoms with E-state index in [2.05, 4.69) is 33.0 Å². The standard InChI is InChI=1S/C22H24FNO2/c1-12(2)16-8-14(9-17(13(3)4)21(16)26-5)10-19-18-11-15(23)6-7-20(18)24-22(19)25/h6-13H,1-5H3,(H,24,25). The Balaban J connectivity index is 2.18. The molecule has 1 aliphatic heterocycles. The molecule has 3 nitrogen and oxygen atoms in total. The second-order valence-electron chi connectivity index (χ2n) is 7.24. The molecular formula is C22H24FNO2. The van der Waals surface area contributed by atoms with E-state index < -0.39 is 0 Å². The molecular weight excluding hydrogens is 329 g/mol. The molecule has 0 aromatic heterocycles. The topological polar surface area (TPSA) is 38.3 Å². The van der Waals surface area contributed by atoms with E-state index in [1.54, 1.807) is 13.2 Å². The van der Waals surface area contributed by atoms with E-state index in [1.165, 1.54) is 12.1 Å². The maximum Gasteiger partial charge on any atom is 0.256 e. The van der Waals surface area contributed by atoms with Crippen LogP contribution in [0.1, 0.15) is 61.8 Å². The number of fused-ring (bicyclic) bond motifs is 1. The van der Waals surface area contributed by atoms with Crippen molar-refractivity contribution >= 4 is 23.2 Å². The molecule has 1 aliphatic rings. The van der Waals surface area contributed by atoms with E-state index in [4.69, 9.17) is 4.74 Å². The molecule has 1 amide bonds. The minimum Gasteiger partial charge on any atom is -0.496 e. The maximum absolute atomic E-state index is 13.7. The molecule has 1 heterocycles. The lowest BCUT2D eigenvalue weighted by atomic mass is 9.90. The first-order chi connectivity index (χ1) is 12.3. The first-order valence-corrected chi connectivity index (χ1v) is 8.86. The predicted octanol–water partition coefficient (Wildman–Crippen LogP) is 5.57. The van der Waals surface area contributed by atoms with Gasteiger partial charge in [0.2, 0.25) is 0 Å². The van der Waals surface area contributed by atoms with Crippen molar-refractivity contribution in [3.05, 3.63) is 58.4 Å². The molecule has 0 aliphatic carbocycles. The van der Waals surface area contributed by atoms with Crippen molar-refractivity contribution < 1.29 is 13.9 Å². The van der Waals surface area contributed by atoms with Crippen LogP contribution < -0.4 is 10.1 Å². The van der Waals surface area contributed by atoms with E-state index in [1.807, 2.05) is 18.2 Å². The Morgan fingerprint density at radius 2 is 1.65 bits per heavy atom. The van der Waals surface area contributed by atoms with Crippen LogP contribution in [0.4, 0.5) is 10.1 Å². The Labute approximate surface area is 153 Å². The highest BCUT2D eigenvalue weighted by molar-refractivity contribution is 6.34. The number of hydrogen-bond acceptors (Lipinski definition) is 2. The number of amides is 1. The number of rotatable bonds is 4. The number of ether oxygens (including phenoxy) is 1. The fourth-order valence-corrected chi connectivity index (χ4v) is 3.35. The molecule has 0 bridgehead atoms. The van der Waals surface area contributed by atoms with Gasteiger partial charge in [0.15, 0.2) is 0 Å². The van der Waals surface area contributed by atoms with Crippen LogP contribution >= 0.6 is 0 Å². The van der Waals surface area contributed by atoms with Gasteiger partial charge in [0.05, 0.1) is 7.11 Å². The Hall–Kier alpha value is -2.62. The van der Waals surface area contributed by atoms with Gasteiger partial charge >= 0.3 is 0 Å². The van der Waals surface area contributed by atoms with Crippen LogP contribution in [-0.2, 0) is 4.79 Å². The van der Waals surface area contributed by atoms with E-state index >= 15 is 0 Å². The van der Waals surface area contributed by atoms with Crippen LogP contribution in [-0.4, -0.2) is 13.0 Å². The zero-order valence-electron chi connectivity index (χ0n) is 15.8. The predicted molar refractivity (Wildman–Crippen MR) is 104 cm³/mol. The molecule has 0 fully saturated rings. The molecule has 0 spiro atoms. The zero-order valence-corrected chi connectivity index (χ0v) is 15.8. The molecule has 0 saturated carbocycles. The highest BCUT2D eigenvalue weighted by Crippen LogP contribution is 2.38. The molecule has 0 radical (unpaired) electrons. The van der Waals surface area contributed by atoms with Crippen molar-refractivity contribution in [1.29, 1.82) is 0 Å². The number of methoxy groups -OCH3 is 1. The summed E-state index contributed by atoms with van der Waals surface area (Å²) in [6.45, 7) is 8.47. The summed E-state index contributed by atoms with van der Waals surface area (Å²) in [5, 5.41) is 2.79. The summed E-state index contributed by atoms with van der Waals surface area (Å²) in [4.78, 5) is 12.4. The van der Waals surface area contributed by atoms with Gasteiger partial charge in [0, 0.05) is 16.8 Å². The highest BCUT2D eigenvalue weighted by atomic mass is 19.1. The second kappa shape index (κ2) is 6.94. The van der Waals surface area contributed by atoms with Gasteiger partial charge < -0.3 is 10.1 Å². The van der Waals surface area contributed by atoms with Gasteiger partial charge in [-0.3, -0.25) is 4.79 Å². The molecule has 2 aromatic carbocycles. The van der Waals surface area contributed by atoms with Gasteiger partial charge in [-0.1, -0.05) is 27.7 Å². The summed E-state index contributed by atoms with van der Waals surface area (Å²) in [6.07, 6.45) is 1.83. The third-order valence-electron chi connectivity index (χ3n) is 4.69. The number of nitrogens with one attached hydrogen (secondary N) is 1. The van der Waals surface area contributed by atoms with Crippen molar-refractivity contribution in [3.63, 3.8) is 0 Å². The van der Waals surface area contributed by atoms with E-state index in [0.29, 0.717) is 16.8 Å². The lowest BCUT2D eigenvalue weighted by Gasteiger charge is -2.19. The van der Waals surface area contributed by atoms with Crippen LogP contribution in [0.5, 0.6) is 5.75 Å². The minimum absolute atomic E-state index is 0.210. The van der Waals surface area contributed by atoms with E-state index in [-0.39, 0.29) is 23.6 Å². The van der Waals surface area contributed by atoms with E-state index in [9.17, 15) is 9.18 Å². The lowest BCUT2D eigenvalue weighted by molar-refractivity contribution is -0.110. The van der Waals surface area contributed by atoms with Crippen molar-refractivity contribution in [2.75, 3.05) is 12.4 Å². The molecule has 1 N–H and O–H groups in total. The largest absolute Gasteiger partial charge is 0.496 e. The highest BCUT2D eigenvalue weighted by Gasteiger charge is 2.25. The summed E-state index contributed by atoms with van der Waals surface area (Å²) in [5.74, 6) is 0.899. The monoisotopic (exact) mass is 353 g/mol. The first kappa shape index (κ1) is 18.2. The van der Waals surface area contributed by atoms with Crippen molar-refractivity contribution in [1.82, 2.24) is 0 Å². The van der Waals surface area contributed by atoms with E-state index in [0.717, 1.165) is 22.4 Å². The van der Waals surface area contributed by atoms with Gasteiger partial charge in [-0.05, 0) is 64.9 Å². The van der Waals surface area contributed by atoms with Gasteiger partial charge in [-0.25, -0.2) is 4.39 Å². The van der Waals surface area contributed by atoms with Crippen LogP contribution in [0.15, 0.2) is 30.3 Å². The number of carbonyl (C=O) groups excluding carboxylic acids is 1. The molecule has 0 saturated heterocycles. The summed E-state index contributed by atoms with van der Waals surface area (Å²) in [7, 11) is 1.69. The Bertz CT molecular complexity index is 868. The molecule has 0 unspecified atom stereocenters. The molecule has 4 heteroatoms. The van der Waals surface area contributed by atoms with Gasteiger partial charge in [0.25, 0.3) is 5.91 Å². The Kier molecular flexibility index (Phi) is 4.86. The van der Waals surface area contributed by atoms with Crippen LogP contribution in [0.2, 0.25) is 0 Å². The third-order valence-corrected chi connectivity index (χ3v) is 4.69. The number of halogens is 1. The van der Waals surface area contributed by atoms with Crippen LogP contribution in [0.3, 0.4) is 0 Å².